The zero-order valence-corrected chi connectivity index (χ0v) is 16.3. The van der Waals surface area contributed by atoms with Crippen LogP contribution in [-0.4, -0.2) is 25.6 Å². The second-order valence-electron chi connectivity index (χ2n) is 5.30. The van der Waals surface area contributed by atoms with Crippen LogP contribution in [0.1, 0.15) is 30.2 Å². The quantitative estimate of drug-likeness (QED) is 0.485. The Bertz CT molecular complexity index is 690. The summed E-state index contributed by atoms with van der Waals surface area (Å²) in [6.45, 7) is 0.441. The molecule has 1 heterocycles. The van der Waals surface area contributed by atoms with Crippen LogP contribution in [0.3, 0.4) is 0 Å². The molecular weight excluding hydrogens is 406 g/mol. The number of amides is 1. The Hall–Kier alpha value is -1.86. The fourth-order valence-corrected chi connectivity index (χ4v) is 3.38. The summed E-state index contributed by atoms with van der Waals surface area (Å²) in [4.78, 5) is 24.7. The van der Waals surface area contributed by atoms with Crippen molar-refractivity contribution in [2.45, 2.75) is 25.3 Å². The van der Waals surface area contributed by atoms with Gasteiger partial charge in [-0.25, -0.2) is 0 Å². The number of ether oxygens (including phenoxy) is 2. The van der Waals surface area contributed by atoms with Gasteiger partial charge in [0.05, 0.1) is 30.7 Å². The van der Waals surface area contributed by atoms with Crippen molar-refractivity contribution < 1.29 is 19.1 Å². The molecule has 0 fully saturated rings. The van der Waals surface area contributed by atoms with Crippen LogP contribution in [0.2, 0.25) is 0 Å². The minimum absolute atomic E-state index is 0.113. The van der Waals surface area contributed by atoms with Gasteiger partial charge in [0.25, 0.3) is 0 Å². The Kier molecular flexibility index (Phi) is 7.94. The summed E-state index contributed by atoms with van der Waals surface area (Å²) >= 11 is 4.92. The first-order valence-corrected chi connectivity index (χ1v) is 9.54. The Morgan fingerprint density at radius 1 is 1.24 bits per heavy atom. The standard InChI is InChI=1S/C18H20BrNO4S/c1-23-18(22)12-14(16-8-5-11-25-16)20-17(21)9-4-10-24-15-7-3-2-6-13(15)19/h2-3,5-8,11,14H,4,9-10,12H2,1H3,(H,20,21). The average molecular weight is 426 g/mol. The maximum Gasteiger partial charge on any atom is 0.307 e. The molecule has 0 saturated heterocycles. The van der Waals surface area contributed by atoms with E-state index in [0.29, 0.717) is 19.4 Å². The van der Waals surface area contributed by atoms with Gasteiger partial charge in [0.2, 0.25) is 5.91 Å². The first-order chi connectivity index (χ1) is 12.1. The van der Waals surface area contributed by atoms with Gasteiger partial charge >= 0.3 is 5.97 Å². The lowest BCUT2D eigenvalue weighted by Gasteiger charge is -2.16. The molecule has 0 bridgehead atoms. The number of halogens is 1. The molecule has 1 atom stereocenters. The van der Waals surface area contributed by atoms with Crippen LogP contribution in [0.5, 0.6) is 5.75 Å². The van der Waals surface area contributed by atoms with E-state index in [4.69, 9.17) is 9.47 Å². The van der Waals surface area contributed by atoms with Gasteiger partial charge < -0.3 is 14.8 Å². The van der Waals surface area contributed by atoms with E-state index >= 15 is 0 Å². The van der Waals surface area contributed by atoms with Crippen LogP contribution in [0.25, 0.3) is 0 Å². The van der Waals surface area contributed by atoms with E-state index in [9.17, 15) is 9.59 Å². The average Bonchev–Trinajstić information content (AvgIpc) is 3.14. The Morgan fingerprint density at radius 2 is 2.04 bits per heavy atom. The van der Waals surface area contributed by atoms with Crippen LogP contribution in [0.4, 0.5) is 0 Å². The third-order valence-electron chi connectivity index (χ3n) is 3.46. The number of hydrogen-bond donors (Lipinski definition) is 1. The molecule has 0 radical (unpaired) electrons. The number of carbonyl (C=O) groups is 2. The Morgan fingerprint density at radius 3 is 2.72 bits per heavy atom. The summed E-state index contributed by atoms with van der Waals surface area (Å²) in [5.41, 5.74) is 0. The van der Waals surface area contributed by atoms with Gasteiger partial charge in [-0.2, -0.15) is 0 Å². The highest BCUT2D eigenvalue weighted by atomic mass is 79.9. The normalized spacial score (nSPS) is 11.6. The maximum atomic E-state index is 12.2. The highest BCUT2D eigenvalue weighted by Gasteiger charge is 2.19. The zero-order valence-electron chi connectivity index (χ0n) is 13.9. The van der Waals surface area contributed by atoms with Crippen molar-refractivity contribution in [1.82, 2.24) is 5.32 Å². The Balaban J connectivity index is 1.79. The van der Waals surface area contributed by atoms with E-state index < -0.39 is 0 Å². The van der Waals surface area contributed by atoms with Crippen molar-refractivity contribution >= 4 is 39.1 Å². The molecule has 25 heavy (non-hydrogen) atoms. The van der Waals surface area contributed by atoms with Crippen LogP contribution >= 0.6 is 27.3 Å². The molecule has 0 aliphatic heterocycles. The fraction of sp³-hybridized carbons (Fsp3) is 0.333. The number of rotatable bonds is 9. The number of benzene rings is 1. The van der Waals surface area contributed by atoms with Crippen molar-refractivity contribution in [3.05, 3.63) is 51.1 Å². The molecule has 1 amide bonds. The molecule has 0 aliphatic carbocycles. The predicted molar refractivity (Wildman–Crippen MR) is 101 cm³/mol. The Labute approximate surface area is 159 Å². The lowest BCUT2D eigenvalue weighted by molar-refractivity contribution is -0.141. The topological polar surface area (TPSA) is 64.6 Å². The molecule has 1 aromatic carbocycles. The number of para-hydroxylation sites is 1. The third kappa shape index (κ3) is 6.51. The lowest BCUT2D eigenvalue weighted by Crippen LogP contribution is -2.30. The number of nitrogens with one attached hydrogen (secondary N) is 1. The van der Waals surface area contributed by atoms with Crippen molar-refractivity contribution in [2.75, 3.05) is 13.7 Å². The molecule has 1 aromatic heterocycles. The number of carbonyl (C=O) groups excluding carboxylic acids is 2. The van der Waals surface area contributed by atoms with E-state index in [2.05, 4.69) is 21.2 Å². The van der Waals surface area contributed by atoms with Gasteiger partial charge in [0.1, 0.15) is 5.75 Å². The molecule has 5 nitrogen and oxygen atoms in total. The van der Waals surface area contributed by atoms with Crippen LogP contribution in [0.15, 0.2) is 46.3 Å². The summed E-state index contributed by atoms with van der Waals surface area (Å²) in [6, 6.07) is 11.0. The second-order valence-corrected chi connectivity index (χ2v) is 7.13. The minimum Gasteiger partial charge on any atom is -0.492 e. The lowest BCUT2D eigenvalue weighted by atomic mass is 10.1. The molecular formula is C18H20BrNO4S. The summed E-state index contributed by atoms with van der Waals surface area (Å²) < 4.78 is 11.2. The van der Waals surface area contributed by atoms with Gasteiger partial charge in [-0.05, 0) is 45.9 Å². The van der Waals surface area contributed by atoms with E-state index in [0.717, 1.165) is 15.1 Å². The van der Waals surface area contributed by atoms with E-state index in [1.54, 1.807) is 0 Å². The fourth-order valence-electron chi connectivity index (χ4n) is 2.21. The van der Waals surface area contributed by atoms with Gasteiger partial charge in [-0.3, -0.25) is 9.59 Å². The van der Waals surface area contributed by atoms with E-state index in [1.807, 2.05) is 41.8 Å². The van der Waals surface area contributed by atoms with Gasteiger partial charge in [0.15, 0.2) is 0 Å². The van der Waals surface area contributed by atoms with Crippen molar-refractivity contribution in [3.8, 4) is 5.75 Å². The number of methoxy groups -OCH3 is 1. The number of esters is 1. The van der Waals surface area contributed by atoms with E-state index in [-0.39, 0.29) is 24.3 Å². The summed E-state index contributed by atoms with van der Waals surface area (Å²) in [5, 5.41) is 4.81. The predicted octanol–water partition coefficient (Wildman–Crippen LogP) is 4.09. The van der Waals surface area contributed by atoms with Crippen LogP contribution < -0.4 is 10.1 Å². The highest BCUT2D eigenvalue weighted by Crippen LogP contribution is 2.24. The first kappa shape index (κ1) is 19.5. The largest absolute Gasteiger partial charge is 0.492 e. The smallest absolute Gasteiger partial charge is 0.307 e. The highest BCUT2D eigenvalue weighted by molar-refractivity contribution is 9.10. The molecule has 2 rings (SSSR count). The molecule has 1 N–H and O–H groups in total. The maximum absolute atomic E-state index is 12.2. The molecule has 1 unspecified atom stereocenters. The number of thiophene rings is 1. The molecule has 0 saturated carbocycles. The van der Waals surface area contributed by atoms with Gasteiger partial charge in [0, 0.05) is 11.3 Å². The summed E-state index contributed by atoms with van der Waals surface area (Å²) in [7, 11) is 1.34. The van der Waals surface area contributed by atoms with Crippen LogP contribution in [0, 0.1) is 0 Å². The zero-order chi connectivity index (χ0) is 18.1. The summed E-state index contributed by atoms with van der Waals surface area (Å²) in [5.74, 6) is 0.291. The molecule has 0 aliphatic rings. The van der Waals surface area contributed by atoms with E-state index in [1.165, 1.54) is 18.4 Å². The molecule has 2 aromatic rings. The minimum atomic E-state index is -0.357. The SMILES string of the molecule is COC(=O)CC(NC(=O)CCCOc1ccccc1Br)c1cccs1. The monoisotopic (exact) mass is 425 g/mol. The third-order valence-corrected chi connectivity index (χ3v) is 5.10. The van der Waals surface area contributed by atoms with Crippen LogP contribution in [-0.2, 0) is 14.3 Å². The second kappa shape index (κ2) is 10.2. The van der Waals surface area contributed by atoms with Crippen molar-refractivity contribution in [3.63, 3.8) is 0 Å². The van der Waals surface area contributed by atoms with Crippen molar-refractivity contribution in [2.24, 2.45) is 0 Å². The summed E-state index contributed by atoms with van der Waals surface area (Å²) in [6.07, 6.45) is 1.03. The van der Waals surface area contributed by atoms with Gasteiger partial charge in [-0.1, -0.05) is 18.2 Å². The van der Waals surface area contributed by atoms with Gasteiger partial charge in [-0.15, -0.1) is 11.3 Å². The number of hydrogen-bond acceptors (Lipinski definition) is 5. The molecule has 134 valence electrons. The molecule has 0 spiro atoms. The van der Waals surface area contributed by atoms with Crippen molar-refractivity contribution in [1.29, 1.82) is 0 Å². The molecule has 7 heteroatoms. The first-order valence-electron chi connectivity index (χ1n) is 7.87.